The molecule has 1 aliphatic rings. The van der Waals surface area contributed by atoms with Crippen molar-refractivity contribution in [2.24, 2.45) is 0 Å². The SMILES string of the molecule is Cc1ccc(-c2ccc(CCC(=O)O)n2NC(=O)C[C@@H]2Oc3ccc(Cl)cc3NC2=O)cc1. The molecule has 33 heavy (non-hydrogen) atoms. The average Bonchev–Trinajstić information content (AvgIpc) is 3.15. The van der Waals surface area contributed by atoms with Crippen molar-refractivity contribution in [2.45, 2.75) is 32.3 Å². The highest BCUT2D eigenvalue weighted by Crippen LogP contribution is 2.32. The Morgan fingerprint density at radius 2 is 1.91 bits per heavy atom. The number of amides is 2. The molecule has 1 atom stereocenters. The molecule has 0 bridgehead atoms. The molecule has 0 saturated heterocycles. The first kappa shape index (κ1) is 22.4. The van der Waals surface area contributed by atoms with Crippen LogP contribution in [0.1, 0.15) is 24.1 Å². The number of carbonyl (C=O) groups excluding carboxylic acids is 2. The zero-order chi connectivity index (χ0) is 23.5. The van der Waals surface area contributed by atoms with Gasteiger partial charge < -0.3 is 15.2 Å². The highest BCUT2D eigenvalue weighted by atomic mass is 35.5. The number of carboxylic acids is 1. The largest absolute Gasteiger partial charge is 0.481 e. The molecule has 2 amide bonds. The van der Waals surface area contributed by atoms with E-state index in [2.05, 4.69) is 10.7 Å². The number of hydrogen-bond acceptors (Lipinski definition) is 4. The van der Waals surface area contributed by atoms with Gasteiger partial charge in [0, 0.05) is 22.7 Å². The van der Waals surface area contributed by atoms with Crippen LogP contribution in [0.15, 0.2) is 54.6 Å². The number of anilines is 1. The van der Waals surface area contributed by atoms with Crippen LogP contribution in [-0.2, 0) is 20.8 Å². The molecule has 9 heteroatoms. The number of aryl methyl sites for hydroxylation is 2. The molecule has 0 fully saturated rings. The van der Waals surface area contributed by atoms with Crippen molar-refractivity contribution in [3.8, 4) is 17.0 Å². The van der Waals surface area contributed by atoms with Crippen LogP contribution in [0.25, 0.3) is 11.3 Å². The van der Waals surface area contributed by atoms with E-state index in [0.717, 1.165) is 11.1 Å². The molecule has 3 N–H and O–H groups in total. The summed E-state index contributed by atoms with van der Waals surface area (Å²) in [6.45, 7) is 1.98. The third-order valence-electron chi connectivity index (χ3n) is 5.27. The Hall–Kier alpha value is -3.78. The number of fused-ring (bicyclic) bond motifs is 1. The molecule has 2 aromatic carbocycles. The Balaban J connectivity index is 1.54. The summed E-state index contributed by atoms with van der Waals surface area (Å²) in [6, 6.07) is 16.2. The topological polar surface area (TPSA) is 110 Å². The first-order valence-corrected chi connectivity index (χ1v) is 10.7. The van der Waals surface area contributed by atoms with Crippen LogP contribution in [0, 0.1) is 6.92 Å². The second-order valence-corrected chi connectivity index (χ2v) is 8.22. The van der Waals surface area contributed by atoms with E-state index in [1.807, 2.05) is 37.3 Å². The zero-order valence-electron chi connectivity index (χ0n) is 17.8. The summed E-state index contributed by atoms with van der Waals surface area (Å²) in [5, 5.41) is 12.2. The van der Waals surface area contributed by atoms with Crippen LogP contribution in [-0.4, -0.2) is 33.7 Å². The van der Waals surface area contributed by atoms with Crippen LogP contribution < -0.4 is 15.5 Å². The summed E-state index contributed by atoms with van der Waals surface area (Å²) < 4.78 is 7.28. The number of rotatable bonds is 7. The van der Waals surface area contributed by atoms with Crippen LogP contribution in [0.3, 0.4) is 0 Å². The number of hydrogen-bond donors (Lipinski definition) is 3. The monoisotopic (exact) mass is 467 g/mol. The first-order chi connectivity index (χ1) is 15.8. The number of ether oxygens (including phenoxy) is 1. The molecule has 0 unspecified atom stereocenters. The minimum atomic E-state index is -1.01. The summed E-state index contributed by atoms with van der Waals surface area (Å²) >= 11 is 5.95. The molecule has 0 spiro atoms. The fourth-order valence-electron chi connectivity index (χ4n) is 3.59. The van der Waals surface area contributed by atoms with Crippen molar-refractivity contribution < 1.29 is 24.2 Å². The van der Waals surface area contributed by atoms with E-state index in [1.54, 1.807) is 28.9 Å². The minimum Gasteiger partial charge on any atom is -0.481 e. The molecule has 0 aliphatic carbocycles. The third-order valence-corrected chi connectivity index (χ3v) is 5.51. The number of aliphatic carboxylic acids is 1. The second kappa shape index (κ2) is 9.38. The fourth-order valence-corrected chi connectivity index (χ4v) is 3.76. The Morgan fingerprint density at radius 1 is 1.15 bits per heavy atom. The Bertz CT molecular complexity index is 1220. The lowest BCUT2D eigenvalue weighted by molar-refractivity contribution is -0.137. The van der Waals surface area contributed by atoms with E-state index in [4.69, 9.17) is 21.4 Å². The summed E-state index contributed by atoms with van der Waals surface area (Å²) in [5.74, 6) is -1.40. The van der Waals surface area contributed by atoms with Gasteiger partial charge >= 0.3 is 5.97 Å². The number of benzene rings is 2. The van der Waals surface area contributed by atoms with Gasteiger partial charge in [0.2, 0.25) is 5.91 Å². The van der Waals surface area contributed by atoms with E-state index >= 15 is 0 Å². The van der Waals surface area contributed by atoms with Gasteiger partial charge in [-0.25, -0.2) is 0 Å². The smallest absolute Gasteiger partial charge is 0.303 e. The molecule has 0 saturated carbocycles. The van der Waals surface area contributed by atoms with Crippen molar-refractivity contribution in [1.29, 1.82) is 0 Å². The Morgan fingerprint density at radius 3 is 2.64 bits per heavy atom. The summed E-state index contributed by atoms with van der Waals surface area (Å²) in [5.41, 5.74) is 6.55. The molecular weight excluding hydrogens is 446 g/mol. The normalized spacial score (nSPS) is 14.7. The van der Waals surface area contributed by atoms with E-state index < -0.39 is 23.9 Å². The van der Waals surface area contributed by atoms with E-state index in [9.17, 15) is 14.4 Å². The van der Waals surface area contributed by atoms with Crippen molar-refractivity contribution in [1.82, 2.24) is 4.68 Å². The Labute approximate surface area is 195 Å². The number of halogens is 1. The quantitative estimate of drug-likeness (QED) is 0.486. The molecule has 1 aromatic heterocycles. The van der Waals surface area contributed by atoms with Crippen LogP contribution in [0.2, 0.25) is 5.02 Å². The summed E-state index contributed by atoms with van der Waals surface area (Å²) in [4.78, 5) is 36.4. The first-order valence-electron chi connectivity index (χ1n) is 10.4. The molecule has 2 heterocycles. The van der Waals surface area contributed by atoms with Crippen LogP contribution >= 0.6 is 11.6 Å². The highest BCUT2D eigenvalue weighted by molar-refractivity contribution is 6.31. The maximum Gasteiger partial charge on any atom is 0.303 e. The van der Waals surface area contributed by atoms with Gasteiger partial charge in [-0.15, -0.1) is 0 Å². The number of carbonyl (C=O) groups is 3. The van der Waals surface area contributed by atoms with Crippen molar-refractivity contribution in [3.63, 3.8) is 0 Å². The van der Waals surface area contributed by atoms with Gasteiger partial charge in [-0.1, -0.05) is 41.4 Å². The maximum atomic E-state index is 12.9. The van der Waals surface area contributed by atoms with Gasteiger partial charge in [0.25, 0.3) is 5.91 Å². The molecule has 4 rings (SSSR count). The summed E-state index contributed by atoms with van der Waals surface area (Å²) in [6.07, 6.45) is -1.09. The van der Waals surface area contributed by atoms with Crippen LogP contribution in [0.5, 0.6) is 5.75 Å². The predicted octanol–water partition coefficient (Wildman–Crippen LogP) is 3.99. The van der Waals surface area contributed by atoms with Crippen molar-refractivity contribution in [3.05, 3.63) is 70.9 Å². The molecular formula is C24H22ClN3O5. The van der Waals surface area contributed by atoms with E-state index in [1.165, 1.54) is 0 Å². The highest BCUT2D eigenvalue weighted by Gasteiger charge is 2.30. The van der Waals surface area contributed by atoms with Crippen LogP contribution in [0.4, 0.5) is 5.69 Å². The van der Waals surface area contributed by atoms with Gasteiger partial charge in [0.05, 0.1) is 24.2 Å². The molecule has 170 valence electrons. The minimum absolute atomic E-state index is 0.0826. The van der Waals surface area contributed by atoms with Gasteiger partial charge in [0.15, 0.2) is 6.10 Å². The van der Waals surface area contributed by atoms with Crippen molar-refractivity contribution in [2.75, 3.05) is 10.7 Å². The standard InChI is InChI=1S/C24H22ClN3O5/c1-14-2-4-15(5-3-14)19-9-7-17(8-11-23(30)31)28(19)27-22(29)13-21-24(32)26-18-12-16(25)6-10-20(18)33-21/h2-7,9-10,12,21H,8,11,13H2,1H3,(H,26,32)(H,27,29)(H,30,31)/t21-/m0/s1. The Kier molecular flexibility index (Phi) is 6.37. The van der Waals surface area contributed by atoms with Gasteiger partial charge in [-0.2, -0.15) is 0 Å². The van der Waals surface area contributed by atoms with E-state index in [0.29, 0.717) is 27.8 Å². The fraction of sp³-hybridized carbons (Fsp3) is 0.208. The number of aromatic nitrogens is 1. The van der Waals surface area contributed by atoms with Gasteiger partial charge in [-0.05, 0) is 37.3 Å². The molecule has 1 aliphatic heterocycles. The molecule has 0 radical (unpaired) electrons. The zero-order valence-corrected chi connectivity index (χ0v) is 18.6. The van der Waals surface area contributed by atoms with E-state index in [-0.39, 0.29) is 19.3 Å². The average molecular weight is 468 g/mol. The number of nitrogens with zero attached hydrogens (tertiary/aromatic N) is 1. The lowest BCUT2D eigenvalue weighted by atomic mass is 10.1. The second-order valence-electron chi connectivity index (χ2n) is 7.78. The number of nitrogens with one attached hydrogen (secondary N) is 2. The van der Waals surface area contributed by atoms with Crippen molar-refractivity contribution >= 4 is 35.1 Å². The van der Waals surface area contributed by atoms with Gasteiger partial charge in [0.1, 0.15) is 5.75 Å². The molecule has 8 nitrogen and oxygen atoms in total. The third kappa shape index (κ3) is 5.18. The lowest BCUT2D eigenvalue weighted by Gasteiger charge is -2.26. The maximum absolute atomic E-state index is 12.9. The van der Waals surface area contributed by atoms with Gasteiger partial charge in [-0.3, -0.25) is 24.5 Å². The number of carboxylic acid groups (broad SMARTS) is 1. The molecule has 3 aromatic rings. The lowest BCUT2D eigenvalue weighted by Crippen LogP contribution is -2.40. The predicted molar refractivity (Wildman–Crippen MR) is 124 cm³/mol. The summed E-state index contributed by atoms with van der Waals surface area (Å²) in [7, 11) is 0.